The molecule has 0 radical (unpaired) electrons. The highest BCUT2D eigenvalue weighted by atomic mass is 19.1. The SMILES string of the molecule is CC.CC(C)(C)OC(=O)N1C2CCC1CN(c1ncc3c(c1F)OCC(N)C3)C2. The number of fused-ring (bicyclic) bond motifs is 3. The van der Waals surface area contributed by atoms with Crippen molar-refractivity contribution in [3.8, 4) is 5.75 Å². The Morgan fingerprint density at radius 1 is 1.28 bits per heavy atom. The fourth-order valence-corrected chi connectivity index (χ4v) is 4.24. The molecule has 1 amide bonds. The number of nitrogens with two attached hydrogens (primary N) is 1. The van der Waals surface area contributed by atoms with Gasteiger partial charge in [-0.1, -0.05) is 13.8 Å². The molecule has 162 valence electrons. The van der Waals surface area contributed by atoms with Gasteiger partial charge in [0, 0.05) is 30.9 Å². The van der Waals surface area contributed by atoms with Crippen molar-refractivity contribution in [3.63, 3.8) is 0 Å². The smallest absolute Gasteiger partial charge is 0.410 e. The number of aromatic nitrogens is 1. The van der Waals surface area contributed by atoms with E-state index in [9.17, 15) is 4.79 Å². The van der Waals surface area contributed by atoms with Crippen molar-refractivity contribution in [2.24, 2.45) is 5.73 Å². The van der Waals surface area contributed by atoms with Crippen molar-refractivity contribution < 1.29 is 18.7 Å². The van der Waals surface area contributed by atoms with Gasteiger partial charge in [-0.3, -0.25) is 4.90 Å². The lowest BCUT2D eigenvalue weighted by atomic mass is 10.0. The van der Waals surface area contributed by atoms with Crippen molar-refractivity contribution in [2.45, 2.75) is 77.6 Å². The lowest BCUT2D eigenvalue weighted by Gasteiger charge is -2.42. The maximum atomic E-state index is 15.0. The molecule has 3 unspecified atom stereocenters. The van der Waals surface area contributed by atoms with Crippen LogP contribution >= 0.6 is 0 Å². The van der Waals surface area contributed by atoms with E-state index in [1.165, 1.54) is 0 Å². The van der Waals surface area contributed by atoms with Crippen LogP contribution in [0.1, 0.15) is 53.0 Å². The van der Waals surface area contributed by atoms with E-state index in [0.29, 0.717) is 37.5 Å². The Bertz CT molecular complexity index is 738. The van der Waals surface area contributed by atoms with Crippen LogP contribution in [0.3, 0.4) is 0 Å². The summed E-state index contributed by atoms with van der Waals surface area (Å²) in [6.07, 6.45) is 3.72. The first-order chi connectivity index (χ1) is 13.7. The van der Waals surface area contributed by atoms with Gasteiger partial charge in [-0.05, 0) is 40.0 Å². The molecule has 29 heavy (non-hydrogen) atoms. The molecule has 0 saturated carbocycles. The quantitative estimate of drug-likeness (QED) is 0.769. The number of ether oxygens (including phenoxy) is 2. The summed E-state index contributed by atoms with van der Waals surface area (Å²) < 4.78 is 26.1. The van der Waals surface area contributed by atoms with E-state index in [1.807, 2.05) is 44.4 Å². The summed E-state index contributed by atoms with van der Waals surface area (Å²) in [6.45, 7) is 11.0. The third-order valence-electron chi connectivity index (χ3n) is 5.34. The Morgan fingerprint density at radius 2 is 1.90 bits per heavy atom. The van der Waals surface area contributed by atoms with Crippen LogP contribution in [0, 0.1) is 5.82 Å². The topological polar surface area (TPSA) is 80.9 Å². The third kappa shape index (κ3) is 4.42. The van der Waals surface area contributed by atoms with E-state index in [1.54, 1.807) is 6.20 Å². The first-order valence-electron chi connectivity index (χ1n) is 10.5. The minimum Gasteiger partial charge on any atom is -0.488 e. The predicted molar refractivity (Wildman–Crippen MR) is 110 cm³/mol. The van der Waals surface area contributed by atoms with E-state index in [4.69, 9.17) is 15.2 Å². The van der Waals surface area contributed by atoms with Gasteiger partial charge in [-0.2, -0.15) is 4.39 Å². The number of pyridine rings is 1. The largest absolute Gasteiger partial charge is 0.488 e. The summed E-state index contributed by atoms with van der Waals surface area (Å²) in [5.74, 6) is 0.137. The Kier molecular flexibility index (Phi) is 6.22. The second-order valence-corrected chi connectivity index (χ2v) is 8.70. The van der Waals surface area contributed by atoms with E-state index >= 15 is 4.39 Å². The van der Waals surface area contributed by atoms with Crippen LogP contribution in [-0.2, 0) is 11.2 Å². The lowest BCUT2D eigenvalue weighted by molar-refractivity contribution is 0.0122. The number of amides is 1. The Labute approximate surface area is 172 Å². The highest BCUT2D eigenvalue weighted by Gasteiger charge is 2.45. The van der Waals surface area contributed by atoms with Crippen molar-refractivity contribution in [2.75, 3.05) is 24.6 Å². The summed E-state index contributed by atoms with van der Waals surface area (Å²) in [7, 11) is 0. The number of nitrogens with zero attached hydrogens (tertiary/aromatic N) is 3. The normalized spacial score (nSPS) is 25.6. The van der Waals surface area contributed by atoms with Crippen LogP contribution in [0.5, 0.6) is 5.75 Å². The highest BCUT2D eigenvalue weighted by Crippen LogP contribution is 2.37. The van der Waals surface area contributed by atoms with Crippen molar-refractivity contribution in [1.82, 2.24) is 9.88 Å². The van der Waals surface area contributed by atoms with Crippen LogP contribution in [-0.4, -0.2) is 59.4 Å². The fraction of sp³-hybridized carbons (Fsp3) is 0.714. The molecule has 1 aromatic heterocycles. The molecular weight excluding hydrogens is 375 g/mol. The third-order valence-corrected chi connectivity index (χ3v) is 5.34. The number of rotatable bonds is 1. The van der Waals surface area contributed by atoms with Crippen LogP contribution in [0.2, 0.25) is 0 Å². The zero-order chi connectivity index (χ0) is 21.3. The van der Waals surface area contributed by atoms with Crippen LogP contribution in [0.25, 0.3) is 0 Å². The Morgan fingerprint density at radius 3 is 2.48 bits per heavy atom. The molecule has 8 heteroatoms. The van der Waals surface area contributed by atoms with E-state index < -0.39 is 11.4 Å². The molecule has 4 rings (SSSR count). The molecule has 2 fully saturated rings. The van der Waals surface area contributed by atoms with Crippen LogP contribution in [0.4, 0.5) is 15.0 Å². The van der Waals surface area contributed by atoms with E-state index in [0.717, 1.165) is 12.8 Å². The maximum absolute atomic E-state index is 15.0. The molecule has 7 nitrogen and oxygen atoms in total. The molecule has 2 bridgehead atoms. The van der Waals surface area contributed by atoms with E-state index in [-0.39, 0.29) is 30.0 Å². The number of halogens is 1. The number of carbonyl (C=O) groups is 1. The van der Waals surface area contributed by atoms with Crippen LogP contribution < -0.4 is 15.4 Å². The van der Waals surface area contributed by atoms with Gasteiger partial charge in [0.15, 0.2) is 11.6 Å². The minimum atomic E-state index is -0.530. The van der Waals surface area contributed by atoms with Gasteiger partial charge in [-0.25, -0.2) is 9.78 Å². The van der Waals surface area contributed by atoms with E-state index in [2.05, 4.69) is 4.98 Å². The number of carbonyl (C=O) groups excluding carboxylic acids is 1. The summed E-state index contributed by atoms with van der Waals surface area (Å²) in [5, 5.41) is 0. The van der Waals surface area contributed by atoms with Gasteiger partial charge in [0.25, 0.3) is 0 Å². The van der Waals surface area contributed by atoms with Crippen molar-refractivity contribution >= 4 is 11.9 Å². The van der Waals surface area contributed by atoms with Gasteiger partial charge >= 0.3 is 6.09 Å². The molecule has 3 aliphatic rings. The first kappa shape index (κ1) is 21.6. The second-order valence-electron chi connectivity index (χ2n) is 8.70. The average molecular weight is 409 g/mol. The van der Waals surface area contributed by atoms with Crippen molar-refractivity contribution in [1.29, 1.82) is 0 Å². The maximum Gasteiger partial charge on any atom is 0.410 e. The molecule has 1 aromatic rings. The molecule has 0 spiro atoms. The minimum absolute atomic E-state index is 0.00479. The van der Waals surface area contributed by atoms with Gasteiger partial charge in [-0.15, -0.1) is 0 Å². The predicted octanol–water partition coefficient (Wildman–Crippen LogP) is 3.10. The Balaban J connectivity index is 0.00000117. The number of anilines is 1. The monoisotopic (exact) mass is 408 g/mol. The first-order valence-corrected chi connectivity index (χ1v) is 10.5. The molecule has 0 aromatic carbocycles. The van der Waals surface area contributed by atoms with Gasteiger partial charge in [0.05, 0.1) is 12.1 Å². The highest BCUT2D eigenvalue weighted by molar-refractivity contribution is 5.70. The molecule has 2 saturated heterocycles. The molecule has 0 aliphatic carbocycles. The standard InChI is InChI=1S/C19H27FN4O3.C2H6/c1-19(2,3)27-18(25)24-13-4-5-14(24)9-23(8-13)17-15(20)16-11(7-22-17)6-12(21)10-26-16;1-2/h7,12-14H,4-6,8-10,21H2,1-3H3;1-2H3. The summed E-state index contributed by atoms with van der Waals surface area (Å²) in [4.78, 5) is 20.7. The van der Waals surface area contributed by atoms with Crippen molar-refractivity contribution in [3.05, 3.63) is 17.6 Å². The average Bonchev–Trinajstić information content (AvgIpc) is 2.92. The van der Waals surface area contributed by atoms with Crippen LogP contribution in [0.15, 0.2) is 6.20 Å². The van der Waals surface area contributed by atoms with Gasteiger partial charge in [0.1, 0.15) is 12.2 Å². The second kappa shape index (κ2) is 8.34. The number of piperazine rings is 1. The molecular formula is C21H33FN4O3. The summed E-state index contributed by atoms with van der Waals surface area (Å²) >= 11 is 0. The zero-order valence-electron chi connectivity index (χ0n) is 18.1. The molecule has 3 aliphatic heterocycles. The molecule has 3 atom stereocenters. The molecule has 4 heterocycles. The van der Waals surface area contributed by atoms with Gasteiger partial charge in [0.2, 0.25) is 5.82 Å². The lowest BCUT2D eigenvalue weighted by Crippen LogP contribution is -2.57. The number of hydrogen-bond acceptors (Lipinski definition) is 6. The number of hydrogen-bond donors (Lipinski definition) is 1. The zero-order valence-corrected chi connectivity index (χ0v) is 18.1. The molecule has 2 N–H and O–H groups in total. The fourth-order valence-electron chi connectivity index (χ4n) is 4.24. The van der Waals surface area contributed by atoms with Gasteiger partial charge < -0.3 is 20.1 Å². The summed E-state index contributed by atoms with van der Waals surface area (Å²) in [6, 6.07) is -0.117. The Hall–Kier alpha value is -2.09. The summed E-state index contributed by atoms with van der Waals surface area (Å²) in [5.41, 5.74) is 6.06.